The number of fused-ring (bicyclic) bond motifs is 2. The molecule has 2 heterocycles. The maximum Gasteiger partial charge on any atom is 0.325 e. The molecule has 1 aliphatic carbocycles. The van der Waals surface area contributed by atoms with Gasteiger partial charge < -0.3 is 5.32 Å². The van der Waals surface area contributed by atoms with E-state index in [0.29, 0.717) is 18.8 Å². The molecule has 1 unspecified atom stereocenters. The number of hydrogen-bond acceptors (Lipinski definition) is 5. The molecule has 2 aliphatic rings. The molecule has 1 aromatic carbocycles. The number of urea groups is 1. The standard InChI is InChI=1S/C19H24N6O2/c1-2-3-12-25-16(21-22-23-25)13-24-17(26)19(20-18(24)27)11-7-6-9-14-8-4-5-10-15(14)19/h4-5,8,10H,2-3,6-7,9,11-13H2,1H3,(H,20,27). The molecular weight excluding hydrogens is 344 g/mol. The van der Waals surface area contributed by atoms with Gasteiger partial charge in [0.15, 0.2) is 5.82 Å². The number of carbonyl (C=O) groups excluding carboxylic acids is 2. The molecule has 3 amide bonds. The fourth-order valence-electron chi connectivity index (χ4n) is 4.08. The summed E-state index contributed by atoms with van der Waals surface area (Å²) >= 11 is 0. The lowest BCUT2D eigenvalue weighted by Crippen LogP contribution is -2.44. The molecule has 142 valence electrons. The van der Waals surface area contributed by atoms with Crippen molar-refractivity contribution in [2.24, 2.45) is 0 Å². The number of hydrogen-bond donors (Lipinski definition) is 1. The van der Waals surface area contributed by atoms with Crippen LogP contribution in [0.5, 0.6) is 0 Å². The number of imide groups is 1. The zero-order valence-corrected chi connectivity index (χ0v) is 15.5. The number of benzene rings is 1. The van der Waals surface area contributed by atoms with E-state index in [1.54, 1.807) is 4.68 Å². The fourth-order valence-corrected chi connectivity index (χ4v) is 4.08. The normalized spacial score (nSPS) is 22.0. The minimum absolute atomic E-state index is 0.0886. The highest BCUT2D eigenvalue weighted by atomic mass is 16.2. The zero-order valence-electron chi connectivity index (χ0n) is 15.5. The first-order valence-corrected chi connectivity index (χ1v) is 9.63. The van der Waals surface area contributed by atoms with Crippen LogP contribution in [0.15, 0.2) is 24.3 Å². The number of rotatable bonds is 5. The molecule has 4 rings (SSSR count). The van der Waals surface area contributed by atoms with Crippen LogP contribution in [0.25, 0.3) is 0 Å². The first kappa shape index (κ1) is 17.6. The molecule has 0 radical (unpaired) electrons. The lowest BCUT2D eigenvalue weighted by molar-refractivity contribution is -0.132. The Hall–Kier alpha value is -2.77. The molecular formula is C19H24N6O2. The van der Waals surface area contributed by atoms with Gasteiger partial charge in [0, 0.05) is 6.54 Å². The molecule has 1 saturated heterocycles. The van der Waals surface area contributed by atoms with E-state index in [1.807, 2.05) is 18.2 Å². The van der Waals surface area contributed by atoms with Crippen LogP contribution in [0.3, 0.4) is 0 Å². The van der Waals surface area contributed by atoms with Gasteiger partial charge in [-0.15, -0.1) is 5.10 Å². The molecule has 1 N–H and O–H groups in total. The smallest absolute Gasteiger partial charge is 0.319 e. The maximum atomic E-state index is 13.4. The highest BCUT2D eigenvalue weighted by molar-refractivity contribution is 6.07. The van der Waals surface area contributed by atoms with E-state index >= 15 is 0 Å². The zero-order chi connectivity index (χ0) is 18.9. The van der Waals surface area contributed by atoms with Crippen molar-refractivity contribution in [3.63, 3.8) is 0 Å². The maximum absolute atomic E-state index is 13.4. The average molecular weight is 368 g/mol. The second-order valence-electron chi connectivity index (χ2n) is 7.26. The predicted octanol–water partition coefficient (Wildman–Crippen LogP) is 2.15. The highest BCUT2D eigenvalue weighted by Crippen LogP contribution is 2.39. The molecule has 2 aromatic rings. The lowest BCUT2D eigenvalue weighted by Gasteiger charge is -2.27. The predicted molar refractivity (Wildman–Crippen MR) is 97.5 cm³/mol. The number of aryl methyl sites for hydroxylation is 2. The van der Waals surface area contributed by atoms with Gasteiger partial charge in [-0.2, -0.15) is 0 Å². The van der Waals surface area contributed by atoms with Crippen LogP contribution >= 0.6 is 0 Å². The Balaban J connectivity index is 1.64. The van der Waals surface area contributed by atoms with Gasteiger partial charge in [-0.1, -0.05) is 37.6 Å². The Kier molecular flexibility index (Phi) is 4.63. The molecule has 1 fully saturated rings. The Bertz CT molecular complexity index is 863. The van der Waals surface area contributed by atoms with Crippen molar-refractivity contribution in [1.29, 1.82) is 0 Å². The van der Waals surface area contributed by atoms with Crippen LogP contribution in [0.2, 0.25) is 0 Å². The van der Waals surface area contributed by atoms with Crippen molar-refractivity contribution >= 4 is 11.9 Å². The second-order valence-corrected chi connectivity index (χ2v) is 7.26. The largest absolute Gasteiger partial charge is 0.325 e. The molecule has 27 heavy (non-hydrogen) atoms. The van der Waals surface area contributed by atoms with Crippen LogP contribution in [-0.2, 0) is 29.8 Å². The summed E-state index contributed by atoms with van der Waals surface area (Å²) in [6.07, 6.45) is 5.40. The SMILES string of the molecule is CCCCn1nnnc1CN1C(=O)NC2(CCCCc3ccccc32)C1=O. The summed E-state index contributed by atoms with van der Waals surface area (Å²) < 4.78 is 1.68. The number of nitrogens with zero attached hydrogens (tertiary/aromatic N) is 5. The summed E-state index contributed by atoms with van der Waals surface area (Å²) in [5.41, 5.74) is 1.10. The van der Waals surface area contributed by atoms with Crippen LogP contribution in [0.4, 0.5) is 4.79 Å². The second kappa shape index (κ2) is 7.09. The van der Waals surface area contributed by atoms with Crippen molar-refractivity contribution in [2.45, 2.75) is 64.1 Å². The van der Waals surface area contributed by atoms with Crippen LogP contribution < -0.4 is 5.32 Å². The number of tetrazole rings is 1. The van der Waals surface area contributed by atoms with Crippen LogP contribution in [-0.4, -0.2) is 37.0 Å². The van der Waals surface area contributed by atoms with Crippen molar-refractivity contribution in [2.75, 3.05) is 0 Å². The van der Waals surface area contributed by atoms with E-state index in [-0.39, 0.29) is 18.5 Å². The molecule has 0 saturated carbocycles. The Labute approximate surface area is 157 Å². The number of unbranched alkanes of at least 4 members (excludes halogenated alkanes) is 1. The van der Waals surface area contributed by atoms with Gasteiger partial charge in [0.2, 0.25) is 0 Å². The third-order valence-corrected chi connectivity index (χ3v) is 5.53. The third-order valence-electron chi connectivity index (χ3n) is 5.53. The van der Waals surface area contributed by atoms with Crippen LogP contribution in [0, 0.1) is 0 Å². The van der Waals surface area contributed by atoms with Crippen molar-refractivity contribution in [3.05, 3.63) is 41.2 Å². The molecule has 8 heteroatoms. The van der Waals surface area contributed by atoms with E-state index in [1.165, 1.54) is 4.90 Å². The molecule has 1 aliphatic heterocycles. The monoisotopic (exact) mass is 368 g/mol. The molecule has 0 bridgehead atoms. The van der Waals surface area contributed by atoms with Crippen molar-refractivity contribution < 1.29 is 9.59 Å². The van der Waals surface area contributed by atoms with Crippen molar-refractivity contribution in [1.82, 2.24) is 30.4 Å². The van der Waals surface area contributed by atoms with E-state index in [9.17, 15) is 9.59 Å². The quantitative estimate of drug-likeness (QED) is 0.816. The minimum atomic E-state index is -0.966. The summed E-state index contributed by atoms with van der Waals surface area (Å²) in [6.45, 7) is 2.86. The highest BCUT2D eigenvalue weighted by Gasteiger charge is 2.53. The number of carbonyl (C=O) groups is 2. The topological polar surface area (TPSA) is 93.0 Å². The van der Waals surface area contributed by atoms with E-state index < -0.39 is 5.54 Å². The first-order chi connectivity index (χ1) is 13.2. The number of amides is 3. The summed E-state index contributed by atoms with van der Waals surface area (Å²) in [4.78, 5) is 27.4. The molecule has 1 aromatic heterocycles. The van der Waals surface area contributed by atoms with Gasteiger partial charge in [-0.3, -0.25) is 9.69 Å². The lowest BCUT2D eigenvalue weighted by atomic mass is 9.84. The Morgan fingerprint density at radius 1 is 1.22 bits per heavy atom. The molecule has 1 spiro atoms. The summed E-state index contributed by atoms with van der Waals surface area (Å²) in [6, 6.07) is 7.56. The van der Waals surface area contributed by atoms with E-state index in [4.69, 9.17) is 0 Å². The van der Waals surface area contributed by atoms with Gasteiger partial charge >= 0.3 is 6.03 Å². The van der Waals surface area contributed by atoms with Gasteiger partial charge in [-0.25, -0.2) is 9.48 Å². The molecule has 1 atom stereocenters. The van der Waals surface area contributed by atoms with Gasteiger partial charge in [0.05, 0.1) is 6.54 Å². The minimum Gasteiger partial charge on any atom is -0.319 e. The van der Waals surface area contributed by atoms with Gasteiger partial charge in [0.25, 0.3) is 5.91 Å². The van der Waals surface area contributed by atoms with Crippen LogP contribution in [0.1, 0.15) is 56.0 Å². The van der Waals surface area contributed by atoms with E-state index in [0.717, 1.165) is 43.2 Å². The first-order valence-electron chi connectivity index (χ1n) is 9.63. The Morgan fingerprint density at radius 3 is 2.93 bits per heavy atom. The van der Waals surface area contributed by atoms with Gasteiger partial charge in [0.1, 0.15) is 5.54 Å². The summed E-state index contributed by atoms with van der Waals surface area (Å²) in [5.74, 6) is 0.331. The summed E-state index contributed by atoms with van der Waals surface area (Å²) in [5, 5.41) is 14.7. The number of nitrogens with one attached hydrogen (secondary N) is 1. The average Bonchev–Trinajstić information content (AvgIpc) is 3.15. The van der Waals surface area contributed by atoms with Gasteiger partial charge in [-0.05, 0) is 53.7 Å². The third kappa shape index (κ3) is 2.98. The Morgan fingerprint density at radius 2 is 2.07 bits per heavy atom. The fraction of sp³-hybridized carbons (Fsp3) is 0.526. The summed E-state index contributed by atoms with van der Waals surface area (Å²) in [7, 11) is 0. The number of aromatic nitrogens is 4. The molecule has 8 nitrogen and oxygen atoms in total. The van der Waals surface area contributed by atoms with E-state index in [2.05, 4.69) is 33.8 Å². The van der Waals surface area contributed by atoms with Crippen molar-refractivity contribution in [3.8, 4) is 0 Å².